The van der Waals surface area contributed by atoms with Crippen molar-refractivity contribution in [1.82, 2.24) is 14.8 Å². The number of aromatic amines is 1. The van der Waals surface area contributed by atoms with Crippen molar-refractivity contribution in [2.45, 2.75) is 0 Å². The first-order valence-corrected chi connectivity index (χ1v) is 7.54. The molecular formula is C17H19N5O. The second-order valence-corrected chi connectivity index (χ2v) is 5.74. The molecule has 3 N–H and O–H groups in total. The average Bonchev–Trinajstić information content (AvgIpc) is 2.89. The molecule has 1 aromatic heterocycles. The Labute approximate surface area is 134 Å². The molecule has 118 valence electrons. The van der Waals surface area contributed by atoms with Gasteiger partial charge in [0.2, 0.25) is 0 Å². The van der Waals surface area contributed by atoms with Gasteiger partial charge < -0.3 is 19.9 Å². The Bertz CT molecular complexity index is 806. The van der Waals surface area contributed by atoms with Crippen LogP contribution < -0.4 is 0 Å². The monoisotopic (exact) mass is 309 g/mol. The molecule has 1 fully saturated rings. The van der Waals surface area contributed by atoms with E-state index in [1.165, 1.54) is 0 Å². The number of H-pyrrole nitrogens is 1. The lowest BCUT2D eigenvalue weighted by molar-refractivity contribution is 0.215. The molecule has 6 heteroatoms. The Hall–Kier alpha value is -2.78. The summed E-state index contributed by atoms with van der Waals surface area (Å²) >= 11 is 0. The number of benzene rings is 1. The minimum atomic E-state index is 0.111. The van der Waals surface area contributed by atoms with Gasteiger partial charge in [-0.25, -0.2) is 0 Å². The third kappa shape index (κ3) is 2.91. The fourth-order valence-corrected chi connectivity index (χ4v) is 2.75. The van der Waals surface area contributed by atoms with Crippen LogP contribution in [0.2, 0.25) is 0 Å². The Morgan fingerprint density at radius 1 is 1.30 bits per heavy atom. The van der Waals surface area contributed by atoms with E-state index in [9.17, 15) is 10.4 Å². The standard InChI is InChI=1S/C17H19N5O/c1-21-6-8-22(9-7-21)17(19)12(11-18)10-15-16(23)13-4-2-3-5-14(13)20-15/h2-5,10,19-20,23H,6-9H2,1H3. The molecule has 0 aliphatic carbocycles. The summed E-state index contributed by atoms with van der Waals surface area (Å²) in [4.78, 5) is 7.19. The number of para-hydroxylation sites is 1. The predicted molar refractivity (Wildman–Crippen MR) is 90.4 cm³/mol. The smallest absolute Gasteiger partial charge is 0.148 e. The summed E-state index contributed by atoms with van der Waals surface area (Å²) in [7, 11) is 2.05. The number of aromatic hydroxyl groups is 1. The molecule has 0 spiro atoms. The van der Waals surface area contributed by atoms with E-state index in [0.29, 0.717) is 11.1 Å². The van der Waals surface area contributed by atoms with E-state index in [-0.39, 0.29) is 17.2 Å². The fourth-order valence-electron chi connectivity index (χ4n) is 2.75. The van der Waals surface area contributed by atoms with Crippen LogP contribution in [0.3, 0.4) is 0 Å². The summed E-state index contributed by atoms with van der Waals surface area (Å²) < 4.78 is 0. The molecule has 0 radical (unpaired) electrons. The Morgan fingerprint density at radius 3 is 2.65 bits per heavy atom. The normalized spacial score (nSPS) is 16.5. The first-order valence-electron chi connectivity index (χ1n) is 7.54. The number of aromatic nitrogens is 1. The summed E-state index contributed by atoms with van der Waals surface area (Å²) in [5.74, 6) is 0.318. The fraction of sp³-hybridized carbons (Fsp3) is 0.294. The maximum Gasteiger partial charge on any atom is 0.148 e. The molecule has 1 saturated heterocycles. The van der Waals surface area contributed by atoms with E-state index in [1.807, 2.05) is 36.2 Å². The first-order chi connectivity index (χ1) is 11.1. The van der Waals surface area contributed by atoms with Gasteiger partial charge in [-0.2, -0.15) is 5.26 Å². The molecule has 0 saturated carbocycles. The minimum absolute atomic E-state index is 0.111. The lowest BCUT2D eigenvalue weighted by atomic mass is 10.1. The zero-order valence-electron chi connectivity index (χ0n) is 13.0. The lowest BCUT2D eigenvalue weighted by Gasteiger charge is -2.33. The van der Waals surface area contributed by atoms with Crippen LogP contribution in [-0.4, -0.2) is 59.0 Å². The lowest BCUT2D eigenvalue weighted by Crippen LogP contribution is -2.47. The number of nitriles is 1. The number of hydrogen-bond donors (Lipinski definition) is 3. The maximum absolute atomic E-state index is 10.3. The van der Waals surface area contributed by atoms with Gasteiger partial charge in [0.05, 0.1) is 11.3 Å². The number of piperazine rings is 1. The van der Waals surface area contributed by atoms with Gasteiger partial charge in [0, 0.05) is 37.1 Å². The minimum Gasteiger partial charge on any atom is -0.505 e. The van der Waals surface area contributed by atoms with E-state index >= 15 is 0 Å². The zero-order chi connectivity index (χ0) is 16.4. The van der Waals surface area contributed by atoms with Crippen LogP contribution in [0.25, 0.3) is 17.0 Å². The van der Waals surface area contributed by atoms with Crippen LogP contribution in [0.15, 0.2) is 29.8 Å². The first kappa shape index (κ1) is 15.1. The molecule has 2 aromatic rings. The van der Waals surface area contributed by atoms with Crippen molar-refractivity contribution in [2.75, 3.05) is 33.2 Å². The molecule has 0 unspecified atom stereocenters. The predicted octanol–water partition coefficient (Wildman–Crippen LogP) is 2.01. The van der Waals surface area contributed by atoms with Gasteiger partial charge in [-0.05, 0) is 25.3 Å². The topological polar surface area (TPSA) is 90.1 Å². The van der Waals surface area contributed by atoms with Gasteiger partial charge in [0.1, 0.15) is 17.7 Å². The molecule has 1 aliphatic rings. The van der Waals surface area contributed by atoms with Crippen molar-refractivity contribution in [3.05, 3.63) is 35.5 Å². The highest BCUT2D eigenvalue weighted by Gasteiger charge is 2.20. The molecule has 23 heavy (non-hydrogen) atoms. The molecule has 0 atom stereocenters. The van der Waals surface area contributed by atoms with Crippen molar-refractivity contribution in [3.8, 4) is 11.8 Å². The van der Waals surface area contributed by atoms with Crippen LogP contribution in [0.4, 0.5) is 0 Å². The number of fused-ring (bicyclic) bond motifs is 1. The van der Waals surface area contributed by atoms with E-state index in [0.717, 1.165) is 31.7 Å². The number of likely N-dealkylation sites (N-methyl/N-ethyl adjacent to an activating group) is 1. The summed E-state index contributed by atoms with van der Waals surface area (Å²) in [5, 5.41) is 28.7. The van der Waals surface area contributed by atoms with Gasteiger partial charge in [-0.1, -0.05) is 12.1 Å². The van der Waals surface area contributed by atoms with Crippen molar-refractivity contribution >= 4 is 22.8 Å². The molecule has 0 amide bonds. The van der Waals surface area contributed by atoms with Gasteiger partial charge in [0.25, 0.3) is 0 Å². The van der Waals surface area contributed by atoms with Crippen molar-refractivity contribution in [2.24, 2.45) is 0 Å². The van der Waals surface area contributed by atoms with Gasteiger partial charge in [-0.15, -0.1) is 0 Å². The van der Waals surface area contributed by atoms with Crippen molar-refractivity contribution < 1.29 is 5.11 Å². The largest absolute Gasteiger partial charge is 0.505 e. The number of amidine groups is 1. The molecule has 1 aliphatic heterocycles. The van der Waals surface area contributed by atoms with Crippen LogP contribution in [0.1, 0.15) is 5.69 Å². The summed E-state index contributed by atoms with van der Waals surface area (Å²) in [6.45, 7) is 3.21. The number of hydrogen-bond acceptors (Lipinski definition) is 4. The van der Waals surface area contributed by atoms with Gasteiger partial charge in [0.15, 0.2) is 0 Å². The Kier molecular flexibility index (Phi) is 4.04. The van der Waals surface area contributed by atoms with Crippen LogP contribution in [-0.2, 0) is 0 Å². The third-order valence-corrected chi connectivity index (χ3v) is 4.19. The molecule has 1 aromatic carbocycles. The highest BCUT2D eigenvalue weighted by molar-refractivity contribution is 6.04. The van der Waals surface area contributed by atoms with E-state index in [1.54, 1.807) is 6.08 Å². The number of rotatable bonds is 2. The molecule has 0 bridgehead atoms. The van der Waals surface area contributed by atoms with E-state index in [2.05, 4.69) is 16.0 Å². The van der Waals surface area contributed by atoms with Crippen LogP contribution in [0.5, 0.6) is 5.75 Å². The Morgan fingerprint density at radius 2 is 2.00 bits per heavy atom. The quantitative estimate of drug-likeness (QED) is 0.449. The Balaban J connectivity index is 1.90. The molecule has 2 heterocycles. The molecular weight excluding hydrogens is 290 g/mol. The van der Waals surface area contributed by atoms with Gasteiger partial charge in [-0.3, -0.25) is 5.41 Å². The van der Waals surface area contributed by atoms with E-state index < -0.39 is 0 Å². The van der Waals surface area contributed by atoms with E-state index in [4.69, 9.17) is 5.41 Å². The zero-order valence-corrected chi connectivity index (χ0v) is 13.0. The molecule has 6 nitrogen and oxygen atoms in total. The summed E-state index contributed by atoms with van der Waals surface area (Å²) in [6, 6.07) is 9.49. The summed E-state index contributed by atoms with van der Waals surface area (Å²) in [6.07, 6.45) is 1.55. The number of nitrogens with zero attached hydrogens (tertiary/aromatic N) is 3. The third-order valence-electron chi connectivity index (χ3n) is 4.19. The van der Waals surface area contributed by atoms with Gasteiger partial charge >= 0.3 is 0 Å². The van der Waals surface area contributed by atoms with Crippen LogP contribution >= 0.6 is 0 Å². The average molecular weight is 309 g/mol. The highest BCUT2D eigenvalue weighted by atomic mass is 16.3. The second-order valence-electron chi connectivity index (χ2n) is 5.74. The molecule has 3 rings (SSSR count). The summed E-state index contributed by atoms with van der Waals surface area (Å²) in [5.41, 5.74) is 1.51. The van der Waals surface area contributed by atoms with Crippen molar-refractivity contribution in [1.29, 1.82) is 10.7 Å². The second kappa shape index (κ2) is 6.15. The van der Waals surface area contributed by atoms with Crippen LogP contribution in [0, 0.1) is 16.7 Å². The highest BCUT2D eigenvalue weighted by Crippen LogP contribution is 2.30. The maximum atomic E-state index is 10.3. The number of nitrogens with one attached hydrogen (secondary N) is 2. The SMILES string of the molecule is CN1CCN(C(=N)C(C#N)=Cc2[nH]c3ccccc3c2O)CC1. The van der Waals surface area contributed by atoms with Crippen molar-refractivity contribution in [3.63, 3.8) is 0 Å².